The molecule has 0 amide bonds. The van der Waals surface area contributed by atoms with Crippen LogP contribution in [0.1, 0.15) is 32.1 Å². The van der Waals surface area contributed by atoms with E-state index in [9.17, 15) is 0 Å². The topological polar surface area (TPSA) is 0 Å². The summed E-state index contributed by atoms with van der Waals surface area (Å²) in [5, 5.41) is 0. The quantitative estimate of drug-likeness (QED) is 0.573. The predicted molar refractivity (Wildman–Crippen MR) is 33.8 cm³/mol. The van der Waals surface area contributed by atoms with Gasteiger partial charge in [0.1, 0.15) is 0 Å². The third-order valence-corrected chi connectivity index (χ3v) is 1.32. The summed E-state index contributed by atoms with van der Waals surface area (Å²) < 4.78 is 0. The van der Waals surface area contributed by atoms with E-state index in [0.29, 0.717) is 0 Å². The van der Waals surface area contributed by atoms with Crippen LogP contribution in [0.15, 0.2) is 0 Å². The zero-order valence-electron chi connectivity index (χ0n) is 6.07. The van der Waals surface area contributed by atoms with Crippen molar-refractivity contribution < 1.29 is 53.1 Å². The molecule has 2 heteroatoms. The van der Waals surface area contributed by atoms with Crippen LogP contribution >= 0.6 is 0 Å². The monoisotopic (exact) mass is 374 g/mol. The molecule has 1 aliphatic rings. The second-order valence-electron chi connectivity index (χ2n) is 1.93. The summed E-state index contributed by atoms with van der Waals surface area (Å²) in [6, 6.07) is 0. The fourth-order valence-corrected chi connectivity index (χ4v) is 0.898. The normalized spacial score (nSPS) is 16.0. The van der Waals surface area contributed by atoms with Crippen molar-refractivity contribution in [2.45, 2.75) is 32.1 Å². The first kappa shape index (κ1) is 17.0. The maximum Gasteiger partial charge on any atom is 0 e. The van der Waals surface area contributed by atoms with E-state index in [1.807, 2.05) is 0 Å². The molecule has 0 spiro atoms. The summed E-state index contributed by atoms with van der Waals surface area (Å²) in [7, 11) is 0. The smallest absolute Gasteiger partial charge is 0 e. The van der Waals surface area contributed by atoms with Crippen LogP contribution in [0.5, 0.6) is 0 Å². The second kappa shape index (κ2) is 12.4. The molecule has 0 aromatic rings. The molecule has 0 N–H and O–H groups in total. The third kappa shape index (κ3) is 9.77. The summed E-state index contributed by atoms with van der Waals surface area (Å²) in [6.45, 7) is 0. The van der Waals surface area contributed by atoms with Crippen LogP contribution in [-0.2, 0) is 53.1 Å². The van der Waals surface area contributed by atoms with Crippen LogP contribution in [0.4, 0.5) is 0 Å². The molecule has 0 heterocycles. The molecule has 0 nitrogen and oxygen atoms in total. The van der Waals surface area contributed by atoms with Gasteiger partial charge in [-0.15, -0.1) is 0 Å². The van der Waals surface area contributed by atoms with Gasteiger partial charge in [-0.3, -0.25) is 0 Å². The Labute approximate surface area is 98.1 Å². The Bertz CT molecular complexity index is 24.4. The zero-order chi connectivity index (χ0) is 4.24. The van der Waals surface area contributed by atoms with Gasteiger partial charge in [0.25, 0.3) is 0 Å². The Morgan fingerprint density at radius 2 is 1.33 bits per heavy atom. The predicted octanol–water partition coefficient (Wildman–Crippen LogP) is 2.60. The zero-order valence-corrected chi connectivity index (χ0v) is 11.6. The van der Waals surface area contributed by atoms with E-state index in [2.05, 4.69) is 6.42 Å². The average Bonchev–Trinajstić information content (AvgIpc) is 1.72. The molecule has 1 rings (SSSR count). The van der Waals surface area contributed by atoms with Crippen LogP contribution in [0.2, 0.25) is 0 Å². The fraction of sp³-hybridized carbons (Fsp3) is 0.714. The fourth-order valence-electron chi connectivity index (χ4n) is 0.898. The van der Waals surface area contributed by atoms with E-state index in [4.69, 9.17) is 0 Å². The first-order valence-corrected chi connectivity index (χ1v) is 2.82. The van der Waals surface area contributed by atoms with Crippen molar-refractivity contribution in [1.29, 1.82) is 0 Å². The minimum atomic E-state index is 0. The molecule has 0 aromatic heterocycles. The van der Waals surface area contributed by atoms with Crippen molar-refractivity contribution in [1.82, 2.24) is 0 Å². The molecule has 1 saturated carbocycles. The summed E-state index contributed by atoms with van der Waals surface area (Å²) in [5.41, 5.74) is 0. The SMILES string of the molecule is [CH-]1CCCCC1.[CH3-].[Re].[Y]. The van der Waals surface area contributed by atoms with E-state index in [1.54, 1.807) is 0 Å². The third-order valence-electron chi connectivity index (χ3n) is 1.32. The van der Waals surface area contributed by atoms with Gasteiger partial charge in [0.15, 0.2) is 0 Å². The van der Waals surface area contributed by atoms with Crippen LogP contribution in [0, 0.1) is 13.8 Å². The van der Waals surface area contributed by atoms with E-state index in [1.165, 1.54) is 32.1 Å². The average molecular weight is 373 g/mol. The molecule has 2 radical (unpaired) electrons. The van der Waals surface area contributed by atoms with E-state index < -0.39 is 0 Å². The Kier molecular flexibility index (Phi) is 23.5. The first-order valence-electron chi connectivity index (χ1n) is 2.82. The largest absolute Gasteiger partial charge is 0.358 e. The first-order chi connectivity index (χ1) is 3.00. The molecule has 1 fully saturated rings. The number of rotatable bonds is 0. The van der Waals surface area contributed by atoms with E-state index in [-0.39, 0.29) is 60.6 Å². The molecule has 0 atom stereocenters. The van der Waals surface area contributed by atoms with Gasteiger partial charge in [0, 0.05) is 53.1 Å². The minimum absolute atomic E-state index is 0. The van der Waals surface area contributed by atoms with Crippen molar-refractivity contribution in [3.63, 3.8) is 0 Å². The molecule has 9 heavy (non-hydrogen) atoms. The Hall–Kier alpha value is 1.77. The van der Waals surface area contributed by atoms with Crippen LogP contribution in [0.3, 0.4) is 0 Å². The molecule has 0 bridgehead atoms. The maximum absolute atomic E-state index is 2.39. The van der Waals surface area contributed by atoms with Gasteiger partial charge in [-0.25, -0.2) is 0 Å². The van der Waals surface area contributed by atoms with Gasteiger partial charge in [-0.2, -0.15) is 12.8 Å². The molecule has 0 aliphatic heterocycles. The molecule has 0 unspecified atom stereocenters. The molecule has 0 aromatic carbocycles. The van der Waals surface area contributed by atoms with Gasteiger partial charge in [-0.1, -0.05) is 19.3 Å². The van der Waals surface area contributed by atoms with Gasteiger partial charge >= 0.3 is 0 Å². The van der Waals surface area contributed by atoms with Crippen molar-refractivity contribution >= 4 is 0 Å². The molecule has 0 saturated heterocycles. The van der Waals surface area contributed by atoms with Crippen molar-refractivity contribution in [3.05, 3.63) is 13.8 Å². The Morgan fingerprint density at radius 3 is 1.44 bits per heavy atom. The standard InChI is InChI=1S/C6H11.CH3.Re.Y/c1-2-4-6-5-3-1;;;/h1H,2-6H2;1H3;;/q2*-1;;. The van der Waals surface area contributed by atoms with Crippen molar-refractivity contribution in [2.24, 2.45) is 0 Å². The second-order valence-corrected chi connectivity index (χ2v) is 1.93. The summed E-state index contributed by atoms with van der Waals surface area (Å²) in [4.78, 5) is 0. The maximum atomic E-state index is 2.39. The van der Waals surface area contributed by atoms with Crippen LogP contribution < -0.4 is 0 Å². The van der Waals surface area contributed by atoms with E-state index >= 15 is 0 Å². The molecular formula is C7H14ReY-2. The van der Waals surface area contributed by atoms with Crippen molar-refractivity contribution in [3.8, 4) is 0 Å². The molecular weight excluding hydrogens is 359 g/mol. The van der Waals surface area contributed by atoms with E-state index in [0.717, 1.165) is 0 Å². The van der Waals surface area contributed by atoms with Gasteiger partial charge in [-0.05, 0) is 0 Å². The van der Waals surface area contributed by atoms with Crippen LogP contribution in [-0.4, -0.2) is 0 Å². The van der Waals surface area contributed by atoms with Gasteiger partial charge < -0.3 is 13.8 Å². The minimum Gasteiger partial charge on any atom is -0.358 e. The molecule has 54 valence electrons. The summed E-state index contributed by atoms with van der Waals surface area (Å²) in [6.07, 6.45) is 9.50. The number of hydrogen-bond acceptors (Lipinski definition) is 0. The van der Waals surface area contributed by atoms with Crippen molar-refractivity contribution in [2.75, 3.05) is 0 Å². The summed E-state index contributed by atoms with van der Waals surface area (Å²) in [5.74, 6) is 0. The summed E-state index contributed by atoms with van der Waals surface area (Å²) >= 11 is 0. The number of hydrogen-bond donors (Lipinski definition) is 0. The van der Waals surface area contributed by atoms with Crippen LogP contribution in [0.25, 0.3) is 0 Å². The van der Waals surface area contributed by atoms with Gasteiger partial charge in [0.2, 0.25) is 0 Å². The van der Waals surface area contributed by atoms with Gasteiger partial charge in [0.05, 0.1) is 0 Å². The Balaban J connectivity index is -0.000000120. The molecule has 1 aliphatic carbocycles. The Morgan fingerprint density at radius 1 is 0.889 bits per heavy atom.